The van der Waals surface area contributed by atoms with Gasteiger partial charge in [-0.15, -0.1) is 0 Å². The van der Waals surface area contributed by atoms with Crippen molar-refractivity contribution in [1.82, 2.24) is 4.90 Å². The minimum atomic E-state index is 0.197. The maximum atomic E-state index is 9.13. The summed E-state index contributed by atoms with van der Waals surface area (Å²) in [6, 6.07) is 3.05. The Morgan fingerprint density at radius 2 is 1.59 bits per heavy atom. The molecule has 0 amide bonds. The van der Waals surface area contributed by atoms with E-state index in [1.54, 1.807) is 0 Å². The lowest BCUT2D eigenvalue weighted by molar-refractivity contribution is 0.0244. The molecule has 0 spiro atoms. The first kappa shape index (κ1) is 14.5. The lowest BCUT2D eigenvalue weighted by Gasteiger charge is -2.46. The molecule has 0 aliphatic carbocycles. The zero-order valence-corrected chi connectivity index (χ0v) is 12.4. The molecule has 1 aliphatic rings. The van der Waals surface area contributed by atoms with Crippen LogP contribution in [0.2, 0.25) is 0 Å². The summed E-state index contributed by atoms with van der Waals surface area (Å²) >= 11 is 0. The van der Waals surface area contributed by atoms with Crippen molar-refractivity contribution in [3.05, 3.63) is 0 Å². The van der Waals surface area contributed by atoms with Crippen molar-refractivity contribution in [3.63, 3.8) is 0 Å². The van der Waals surface area contributed by atoms with Gasteiger partial charge in [0.2, 0.25) is 0 Å². The van der Waals surface area contributed by atoms with E-state index in [1.807, 2.05) is 0 Å². The van der Waals surface area contributed by atoms with Crippen molar-refractivity contribution in [3.8, 4) is 6.07 Å². The van der Waals surface area contributed by atoms with Gasteiger partial charge in [-0.25, -0.2) is 0 Å². The quantitative estimate of drug-likeness (QED) is 0.639. The summed E-state index contributed by atoms with van der Waals surface area (Å²) in [5.41, 5.74) is 0.486. The molecule has 0 aromatic rings. The summed E-state index contributed by atoms with van der Waals surface area (Å²) in [6.07, 6.45) is 3.24. The predicted molar refractivity (Wildman–Crippen MR) is 72.7 cm³/mol. The lowest BCUT2D eigenvalue weighted by atomic mass is 9.81. The molecule has 2 unspecified atom stereocenters. The zero-order chi connectivity index (χ0) is 13.3. The highest BCUT2D eigenvalue weighted by atomic mass is 15.2. The number of nitrogens with zero attached hydrogens (tertiary/aromatic N) is 2. The summed E-state index contributed by atoms with van der Waals surface area (Å²) in [6.45, 7) is 14.9. The van der Waals surface area contributed by atoms with E-state index in [1.165, 1.54) is 0 Å². The Morgan fingerprint density at radius 1 is 1.00 bits per heavy atom. The largest absolute Gasteiger partial charge is 0.295 e. The molecule has 98 valence electrons. The van der Waals surface area contributed by atoms with E-state index in [0.717, 1.165) is 25.8 Å². The van der Waals surface area contributed by atoms with E-state index in [4.69, 9.17) is 5.26 Å². The van der Waals surface area contributed by atoms with E-state index in [-0.39, 0.29) is 16.9 Å². The molecule has 1 heterocycles. The number of hydrogen-bond acceptors (Lipinski definition) is 2. The molecule has 1 rings (SSSR count). The van der Waals surface area contributed by atoms with Crippen LogP contribution in [0.4, 0.5) is 0 Å². The van der Waals surface area contributed by atoms with Gasteiger partial charge in [0.05, 0.1) is 6.07 Å². The van der Waals surface area contributed by atoms with Crippen molar-refractivity contribution in [2.45, 2.75) is 72.4 Å². The molecule has 1 aliphatic heterocycles. The third-order valence-electron chi connectivity index (χ3n) is 3.93. The second-order valence-corrected chi connectivity index (χ2v) is 7.44. The average Bonchev–Trinajstić information content (AvgIpc) is 2.36. The molecule has 0 bridgehead atoms. The molecule has 0 radical (unpaired) electrons. The van der Waals surface area contributed by atoms with Crippen molar-refractivity contribution in [2.24, 2.45) is 11.3 Å². The second kappa shape index (κ2) is 4.98. The van der Waals surface area contributed by atoms with Gasteiger partial charge in [0.1, 0.15) is 0 Å². The van der Waals surface area contributed by atoms with E-state index in [0.29, 0.717) is 6.04 Å². The van der Waals surface area contributed by atoms with Gasteiger partial charge in [-0.3, -0.25) is 4.90 Å². The summed E-state index contributed by atoms with van der Waals surface area (Å²) in [4.78, 5) is 2.62. The van der Waals surface area contributed by atoms with Crippen molar-refractivity contribution < 1.29 is 0 Å². The first-order valence-electron chi connectivity index (χ1n) is 6.82. The van der Waals surface area contributed by atoms with E-state index in [9.17, 15) is 0 Å². The molecule has 0 N–H and O–H groups in total. The van der Waals surface area contributed by atoms with E-state index < -0.39 is 0 Å². The van der Waals surface area contributed by atoms with Crippen LogP contribution in [0, 0.1) is 22.7 Å². The van der Waals surface area contributed by atoms with Gasteiger partial charge in [-0.05, 0) is 45.4 Å². The first-order valence-corrected chi connectivity index (χ1v) is 6.82. The molecule has 1 fully saturated rings. The maximum absolute atomic E-state index is 9.13. The maximum Gasteiger partial charge on any atom is 0.0656 e. The minimum absolute atomic E-state index is 0.197. The zero-order valence-electron chi connectivity index (χ0n) is 12.4. The van der Waals surface area contributed by atoms with Crippen LogP contribution in [-0.2, 0) is 0 Å². The number of rotatable bonds is 0. The van der Waals surface area contributed by atoms with Crippen molar-refractivity contribution in [1.29, 1.82) is 5.26 Å². The molecule has 0 aromatic heterocycles. The molecular formula is C15H28N2. The molecule has 0 aromatic carbocycles. The smallest absolute Gasteiger partial charge is 0.0656 e. The van der Waals surface area contributed by atoms with Crippen LogP contribution in [0.3, 0.4) is 0 Å². The fraction of sp³-hybridized carbons (Fsp3) is 0.933. The van der Waals surface area contributed by atoms with Crippen LogP contribution >= 0.6 is 0 Å². The summed E-state index contributed by atoms with van der Waals surface area (Å²) in [7, 11) is 0. The van der Waals surface area contributed by atoms with Crippen molar-refractivity contribution >= 4 is 0 Å². The van der Waals surface area contributed by atoms with Crippen LogP contribution in [-0.4, -0.2) is 23.0 Å². The third kappa shape index (κ3) is 3.71. The second-order valence-electron chi connectivity index (χ2n) is 7.44. The monoisotopic (exact) mass is 236 g/mol. The molecule has 17 heavy (non-hydrogen) atoms. The Kier molecular flexibility index (Phi) is 4.25. The number of likely N-dealkylation sites (tertiary alicyclic amines) is 1. The lowest BCUT2D eigenvalue weighted by Crippen LogP contribution is -2.52. The summed E-state index contributed by atoms with van der Waals surface area (Å²) < 4.78 is 0. The molecule has 2 atom stereocenters. The fourth-order valence-corrected chi connectivity index (χ4v) is 2.94. The van der Waals surface area contributed by atoms with Gasteiger partial charge in [0.25, 0.3) is 0 Å². The molecule has 2 heteroatoms. The van der Waals surface area contributed by atoms with Crippen LogP contribution in [0.25, 0.3) is 0 Å². The molecular weight excluding hydrogens is 208 g/mol. The SMILES string of the molecule is CC(C)(C)C1CCC(C#N)CCN1C(C)(C)C. The highest BCUT2D eigenvalue weighted by Gasteiger charge is 2.38. The Bertz CT molecular complexity index is 264. The summed E-state index contributed by atoms with van der Waals surface area (Å²) in [5.74, 6) is 0.257. The normalized spacial score (nSPS) is 28.5. The minimum Gasteiger partial charge on any atom is -0.295 e. The van der Waals surface area contributed by atoms with Gasteiger partial charge in [-0.2, -0.15) is 5.26 Å². The summed E-state index contributed by atoms with van der Waals surface area (Å²) in [5, 5.41) is 9.13. The Hall–Kier alpha value is -0.550. The highest BCUT2D eigenvalue weighted by molar-refractivity contribution is 4.96. The standard InChI is InChI=1S/C15H28N2/c1-14(2,3)13-8-7-12(11-16)9-10-17(13)15(4,5)6/h12-13H,7-10H2,1-6H3. The molecule has 1 saturated heterocycles. The topological polar surface area (TPSA) is 27.0 Å². The van der Waals surface area contributed by atoms with Crippen LogP contribution in [0.15, 0.2) is 0 Å². The molecule has 2 nitrogen and oxygen atoms in total. The fourth-order valence-electron chi connectivity index (χ4n) is 2.94. The van der Waals surface area contributed by atoms with Gasteiger partial charge in [0.15, 0.2) is 0 Å². The van der Waals surface area contributed by atoms with Crippen LogP contribution in [0.1, 0.15) is 60.8 Å². The third-order valence-corrected chi connectivity index (χ3v) is 3.93. The van der Waals surface area contributed by atoms with Crippen molar-refractivity contribution in [2.75, 3.05) is 6.54 Å². The molecule has 0 saturated carbocycles. The highest BCUT2D eigenvalue weighted by Crippen LogP contribution is 2.36. The van der Waals surface area contributed by atoms with Crippen LogP contribution < -0.4 is 0 Å². The van der Waals surface area contributed by atoms with E-state index in [2.05, 4.69) is 52.5 Å². The Balaban J connectivity index is 2.93. The first-order chi connectivity index (χ1) is 7.66. The van der Waals surface area contributed by atoms with Gasteiger partial charge in [0, 0.05) is 24.0 Å². The van der Waals surface area contributed by atoms with Gasteiger partial charge >= 0.3 is 0 Å². The number of hydrogen-bond donors (Lipinski definition) is 0. The average molecular weight is 236 g/mol. The van der Waals surface area contributed by atoms with Gasteiger partial charge < -0.3 is 0 Å². The van der Waals surface area contributed by atoms with Crippen LogP contribution in [0.5, 0.6) is 0 Å². The van der Waals surface area contributed by atoms with Gasteiger partial charge in [-0.1, -0.05) is 20.8 Å². The van der Waals surface area contributed by atoms with E-state index >= 15 is 0 Å². The Morgan fingerprint density at radius 3 is 2.00 bits per heavy atom. The predicted octanol–water partition coefficient (Wildman–Crippen LogP) is 3.83. The Labute approximate surface area is 107 Å². The number of nitriles is 1.